The van der Waals surface area contributed by atoms with Gasteiger partial charge in [0.2, 0.25) is 0 Å². The number of hydroxylamine groups is 1. The van der Waals surface area contributed by atoms with Gasteiger partial charge in [0.1, 0.15) is 6.04 Å². The van der Waals surface area contributed by atoms with Crippen molar-refractivity contribution in [3.63, 3.8) is 0 Å². The molecule has 0 spiro atoms. The lowest BCUT2D eigenvalue weighted by atomic mass is 10.1. The molecule has 2 amide bonds. The fourth-order valence-electron chi connectivity index (χ4n) is 2.14. The first kappa shape index (κ1) is 19.8. The minimum atomic E-state index is -1.26. The van der Waals surface area contributed by atoms with Gasteiger partial charge in [-0.05, 0) is 48.9 Å². The minimum absolute atomic E-state index is 0.310. The number of hydrogen-bond acceptors (Lipinski definition) is 5. The summed E-state index contributed by atoms with van der Waals surface area (Å²) in [7, 11) is 0. The molecule has 0 aliphatic carbocycles. The Morgan fingerprint density at radius 3 is 2.56 bits per heavy atom. The number of aliphatic hydroxyl groups excluding tert-OH is 1. The van der Waals surface area contributed by atoms with Gasteiger partial charge in [-0.3, -0.25) is 19.8 Å². The van der Waals surface area contributed by atoms with Crippen molar-refractivity contribution >= 4 is 17.9 Å². The Hall–Kier alpha value is -3.47. The first-order valence-corrected chi connectivity index (χ1v) is 8.12. The normalized spacial score (nSPS) is 12.6. The number of pyridine rings is 1. The van der Waals surface area contributed by atoms with Crippen molar-refractivity contribution in [2.45, 2.75) is 19.1 Å². The van der Waals surface area contributed by atoms with Crippen LogP contribution in [0.3, 0.4) is 0 Å². The molecule has 27 heavy (non-hydrogen) atoms. The van der Waals surface area contributed by atoms with E-state index in [-0.39, 0.29) is 0 Å². The summed E-state index contributed by atoms with van der Waals surface area (Å²) in [6.07, 6.45) is 5.67. The summed E-state index contributed by atoms with van der Waals surface area (Å²) in [6, 6.07) is 9.02. The molecular weight excluding hydrogens is 346 g/mol. The first-order valence-electron chi connectivity index (χ1n) is 8.12. The summed E-state index contributed by atoms with van der Waals surface area (Å²) in [5.74, 6) is 4.40. The molecule has 2 atom stereocenters. The summed E-state index contributed by atoms with van der Waals surface area (Å²) < 4.78 is 0. The zero-order valence-corrected chi connectivity index (χ0v) is 14.6. The second-order valence-corrected chi connectivity index (χ2v) is 5.63. The molecule has 0 unspecified atom stereocenters. The third kappa shape index (κ3) is 6.08. The molecule has 0 saturated carbocycles. The van der Waals surface area contributed by atoms with Gasteiger partial charge in [-0.15, -0.1) is 0 Å². The molecule has 0 aliphatic rings. The van der Waals surface area contributed by atoms with E-state index in [2.05, 4.69) is 22.1 Å². The van der Waals surface area contributed by atoms with Crippen LogP contribution in [0.25, 0.3) is 6.08 Å². The van der Waals surface area contributed by atoms with Crippen LogP contribution in [0.5, 0.6) is 0 Å². The molecule has 7 nitrogen and oxygen atoms in total. The van der Waals surface area contributed by atoms with E-state index < -0.39 is 24.0 Å². The maximum absolute atomic E-state index is 12.2. The summed E-state index contributed by atoms with van der Waals surface area (Å²) >= 11 is 0. The lowest BCUT2D eigenvalue weighted by Crippen LogP contribution is -2.51. The van der Waals surface area contributed by atoms with Crippen LogP contribution in [0.15, 0.2) is 54.9 Å². The highest BCUT2D eigenvalue weighted by Gasteiger charge is 2.25. The fourth-order valence-corrected chi connectivity index (χ4v) is 2.14. The van der Waals surface area contributed by atoms with Crippen LogP contribution in [0, 0.1) is 11.8 Å². The van der Waals surface area contributed by atoms with Crippen molar-refractivity contribution in [2.24, 2.45) is 0 Å². The van der Waals surface area contributed by atoms with Crippen molar-refractivity contribution in [3.05, 3.63) is 71.6 Å². The van der Waals surface area contributed by atoms with Crippen LogP contribution in [-0.4, -0.2) is 39.3 Å². The molecular formula is C20H19N3O4. The molecule has 1 aromatic carbocycles. The van der Waals surface area contributed by atoms with E-state index in [0.29, 0.717) is 5.56 Å². The average Bonchev–Trinajstić information content (AvgIpc) is 2.69. The van der Waals surface area contributed by atoms with Gasteiger partial charge < -0.3 is 10.4 Å². The third-order valence-corrected chi connectivity index (χ3v) is 3.57. The topological polar surface area (TPSA) is 112 Å². The number of rotatable bonds is 5. The Kier molecular flexibility index (Phi) is 7.26. The van der Waals surface area contributed by atoms with Crippen LogP contribution in [0.1, 0.15) is 28.4 Å². The zero-order chi connectivity index (χ0) is 19.6. The largest absolute Gasteiger partial charge is 0.391 e. The average molecular weight is 365 g/mol. The number of nitrogens with zero attached hydrogens (tertiary/aromatic N) is 1. The number of benzene rings is 1. The van der Waals surface area contributed by atoms with Gasteiger partial charge in [-0.25, -0.2) is 5.48 Å². The highest BCUT2D eigenvalue weighted by Crippen LogP contribution is 2.07. The van der Waals surface area contributed by atoms with Gasteiger partial charge in [-0.2, -0.15) is 0 Å². The van der Waals surface area contributed by atoms with Crippen LogP contribution in [0.4, 0.5) is 0 Å². The minimum Gasteiger partial charge on any atom is -0.391 e. The molecule has 2 rings (SSSR count). The van der Waals surface area contributed by atoms with Gasteiger partial charge >= 0.3 is 0 Å². The lowest BCUT2D eigenvalue weighted by molar-refractivity contribution is -0.133. The predicted molar refractivity (Wildman–Crippen MR) is 99.5 cm³/mol. The second kappa shape index (κ2) is 9.87. The van der Waals surface area contributed by atoms with E-state index in [9.17, 15) is 14.7 Å². The molecule has 0 fully saturated rings. The Labute approximate surface area is 156 Å². The Morgan fingerprint density at radius 2 is 1.96 bits per heavy atom. The molecule has 7 heteroatoms. The van der Waals surface area contributed by atoms with E-state index in [1.165, 1.54) is 12.4 Å². The third-order valence-electron chi connectivity index (χ3n) is 3.57. The highest BCUT2D eigenvalue weighted by molar-refractivity contribution is 5.97. The molecule has 1 aromatic heterocycles. The summed E-state index contributed by atoms with van der Waals surface area (Å²) in [6.45, 7) is 1.33. The number of carbonyl (C=O) groups is 2. The van der Waals surface area contributed by atoms with Crippen molar-refractivity contribution in [2.75, 3.05) is 0 Å². The lowest BCUT2D eigenvalue weighted by Gasteiger charge is -2.19. The highest BCUT2D eigenvalue weighted by atomic mass is 16.5. The Bertz CT molecular complexity index is 866. The molecule has 2 aromatic rings. The Morgan fingerprint density at radius 1 is 1.22 bits per heavy atom. The molecule has 138 valence electrons. The van der Waals surface area contributed by atoms with Crippen molar-refractivity contribution in [1.82, 2.24) is 15.8 Å². The van der Waals surface area contributed by atoms with Gasteiger partial charge in [0, 0.05) is 23.5 Å². The fraction of sp³-hybridized carbons (Fsp3) is 0.150. The second-order valence-electron chi connectivity index (χ2n) is 5.63. The van der Waals surface area contributed by atoms with E-state index in [0.717, 1.165) is 11.1 Å². The number of allylic oxidation sites excluding steroid dienone is 1. The van der Waals surface area contributed by atoms with Crippen LogP contribution >= 0.6 is 0 Å². The monoisotopic (exact) mass is 365 g/mol. The van der Waals surface area contributed by atoms with Crippen molar-refractivity contribution in [1.29, 1.82) is 0 Å². The molecule has 0 aliphatic heterocycles. The van der Waals surface area contributed by atoms with Crippen LogP contribution < -0.4 is 10.8 Å². The van der Waals surface area contributed by atoms with Crippen molar-refractivity contribution in [3.8, 4) is 11.8 Å². The van der Waals surface area contributed by atoms with Gasteiger partial charge in [0.15, 0.2) is 0 Å². The standard InChI is InChI=1S/C20H19N3O4/c1-14(24)18(20(26)23-27)22-19(25)17-10-8-15(9-11-17)5-2-3-6-16-7-4-12-21-13-16/h2,4-5,7-14,18,24,27H,1H3,(H,22,25)(H,23,26)/t14-,18+/m1/s1. The number of amides is 2. The first-order chi connectivity index (χ1) is 13.0. The van der Waals surface area contributed by atoms with E-state index in [4.69, 9.17) is 5.21 Å². The van der Waals surface area contributed by atoms with E-state index in [1.807, 2.05) is 12.1 Å². The van der Waals surface area contributed by atoms with Gasteiger partial charge in [0.25, 0.3) is 11.8 Å². The number of carbonyl (C=O) groups excluding carboxylic acids is 2. The molecule has 0 saturated heterocycles. The SMILES string of the molecule is C[C@@H](O)[C@H](NC(=O)c1ccc(C=CC#Cc2cccnc2)cc1)C(=O)NO. The molecule has 0 radical (unpaired) electrons. The maximum atomic E-state index is 12.2. The van der Waals surface area contributed by atoms with Crippen LogP contribution in [-0.2, 0) is 4.79 Å². The predicted octanol–water partition coefficient (Wildman–Crippen LogP) is 1.13. The van der Waals surface area contributed by atoms with Crippen LogP contribution in [0.2, 0.25) is 0 Å². The maximum Gasteiger partial charge on any atom is 0.268 e. The number of aliphatic hydroxyl groups is 1. The number of aromatic nitrogens is 1. The summed E-state index contributed by atoms with van der Waals surface area (Å²) in [4.78, 5) is 27.6. The van der Waals surface area contributed by atoms with Gasteiger partial charge in [0.05, 0.1) is 6.10 Å². The quantitative estimate of drug-likeness (QED) is 0.361. The number of nitrogens with one attached hydrogen (secondary N) is 2. The summed E-state index contributed by atoms with van der Waals surface area (Å²) in [5.41, 5.74) is 3.38. The van der Waals surface area contributed by atoms with E-state index in [1.54, 1.807) is 48.8 Å². The zero-order valence-electron chi connectivity index (χ0n) is 14.6. The molecule has 1 heterocycles. The summed E-state index contributed by atoms with van der Waals surface area (Å²) in [5, 5.41) is 20.6. The smallest absolute Gasteiger partial charge is 0.268 e. The molecule has 0 bridgehead atoms. The van der Waals surface area contributed by atoms with E-state index >= 15 is 0 Å². The van der Waals surface area contributed by atoms with Gasteiger partial charge in [-0.1, -0.05) is 24.0 Å². The Balaban J connectivity index is 2.00. The van der Waals surface area contributed by atoms with Crippen molar-refractivity contribution < 1.29 is 19.9 Å². The molecule has 4 N–H and O–H groups in total. The number of hydrogen-bond donors (Lipinski definition) is 4.